The van der Waals surface area contributed by atoms with Crippen molar-refractivity contribution < 1.29 is 24.5 Å². The van der Waals surface area contributed by atoms with E-state index in [1.54, 1.807) is 24.6 Å². The van der Waals surface area contributed by atoms with E-state index in [1.165, 1.54) is 11.3 Å². The average Bonchev–Trinajstić information content (AvgIpc) is 2.80. The van der Waals surface area contributed by atoms with Gasteiger partial charge >= 0.3 is 11.9 Å². The molecule has 17 heavy (non-hydrogen) atoms. The van der Waals surface area contributed by atoms with Gasteiger partial charge in [0.25, 0.3) is 0 Å². The van der Waals surface area contributed by atoms with Crippen molar-refractivity contribution in [3.63, 3.8) is 0 Å². The van der Waals surface area contributed by atoms with Gasteiger partial charge in [-0.15, -0.1) is 11.3 Å². The lowest BCUT2D eigenvalue weighted by Gasteiger charge is -2.25. The lowest BCUT2D eigenvalue weighted by atomic mass is 10.1. The predicted octanol–water partition coefficient (Wildman–Crippen LogP) is 0.131. The van der Waals surface area contributed by atoms with Crippen molar-refractivity contribution in [3.8, 4) is 0 Å². The Morgan fingerprint density at radius 3 is 2.76 bits per heavy atom. The maximum atomic E-state index is 11.0. The van der Waals surface area contributed by atoms with Crippen molar-refractivity contribution in [1.29, 1.82) is 0 Å². The molecule has 0 amide bonds. The Morgan fingerprint density at radius 1 is 1.59 bits per heavy atom. The Morgan fingerprint density at radius 2 is 2.29 bits per heavy atom. The number of esters is 1. The molecule has 0 aliphatic heterocycles. The zero-order valence-electron chi connectivity index (χ0n) is 9.17. The molecule has 6 nitrogen and oxygen atoms in total. The van der Waals surface area contributed by atoms with Crippen LogP contribution in [0.3, 0.4) is 0 Å². The van der Waals surface area contributed by atoms with Crippen LogP contribution in [0.4, 0.5) is 0 Å². The molecule has 0 unspecified atom stereocenters. The van der Waals surface area contributed by atoms with E-state index in [9.17, 15) is 14.7 Å². The molecule has 0 saturated heterocycles. The number of hydrogen-bond donors (Lipinski definition) is 3. The molecule has 1 heterocycles. The molecule has 0 aliphatic carbocycles. The lowest BCUT2D eigenvalue weighted by Crippen LogP contribution is -2.36. The van der Waals surface area contributed by atoms with E-state index >= 15 is 0 Å². The van der Waals surface area contributed by atoms with Crippen molar-refractivity contribution in [1.82, 2.24) is 5.32 Å². The van der Waals surface area contributed by atoms with E-state index in [-0.39, 0.29) is 6.42 Å². The molecule has 1 atom stereocenters. The Balaban J connectivity index is 2.86. The van der Waals surface area contributed by atoms with Gasteiger partial charge in [0.1, 0.15) is 0 Å². The number of aliphatic hydroxyl groups is 1. The van der Waals surface area contributed by atoms with Gasteiger partial charge in [-0.1, -0.05) is 6.07 Å². The van der Waals surface area contributed by atoms with E-state index in [0.717, 1.165) is 0 Å². The van der Waals surface area contributed by atoms with Gasteiger partial charge in [-0.05, 0) is 18.5 Å². The van der Waals surface area contributed by atoms with Crippen LogP contribution in [-0.2, 0) is 20.1 Å². The minimum Gasteiger partial charge on any atom is -0.473 e. The zero-order chi connectivity index (χ0) is 12.9. The molecule has 1 rings (SSSR count). The molecule has 0 saturated carbocycles. The molecule has 0 radical (unpaired) electrons. The largest absolute Gasteiger partial charge is 0.473 e. The first-order chi connectivity index (χ1) is 7.99. The van der Waals surface area contributed by atoms with Crippen LogP contribution in [0.1, 0.15) is 11.3 Å². The van der Waals surface area contributed by atoms with E-state index in [0.29, 0.717) is 11.4 Å². The van der Waals surface area contributed by atoms with Gasteiger partial charge in [0.15, 0.2) is 0 Å². The summed E-state index contributed by atoms with van der Waals surface area (Å²) >= 11 is 1.19. The topological polar surface area (TPSA) is 95.9 Å². The Bertz CT molecular complexity index is 391. The van der Waals surface area contributed by atoms with Crippen molar-refractivity contribution in [2.75, 3.05) is 13.6 Å². The van der Waals surface area contributed by atoms with Crippen LogP contribution in [-0.4, -0.2) is 35.7 Å². The van der Waals surface area contributed by atoms with E-state index in [1.807, 2.05) is 0 Å². The highest BCUT2D eigenvalue weighted by atomic mass is 32.1. The van der Waals surface area contributed by atoms with Gasteiger partial charge in [-0.25, -0.2) is 9.59 Å². The fourth-order valence-corrected chi connectivity index (χ4v) is 2.01. The van der Waals surface area contributed by atoms with Gasteiger partial charge in [0.05, 0.1) is 4.88 Å². The Labute approximate surface area is 102 Å². The highest BCUT2D eigenvalue weighted by Crippen LogP contribution is 2.30. The predicted molar refractivity (Wildman–Crippen MR) is 60.5 cm³/mol. The molecule has 0 bridgehead atoms. The third kappa shape index (κ3) is 3.52. The summed E-state index contributed by atoms with van der Waals surface area (Å²) in [7, 11) is 1.67. The van der Waals surface area contributed by atoms with Gasteiger partial charge in [0, 0.05) is 13.0 Å². The van der Waals surface area contributed by atoms with E-state index in [4.69, 9.17) is 5.11 Å². The number of rotatable bonds is 5. The number of nitrogens with one attached hydrogen (secondary N) is 1. The second-order valence-corrected chi connectivity index (χ2v) is 4.26. The molecule has 7 heteroatoms. The number of carboxylic acid groups (broad SMARTS) is 1. The van der Waals surface area contributed by atoms with Crippen molar-refractivity contribution in [2.45, 2.75) is 12.2 Å². The first-order valence-corrected chi connectivity index (χ1v) is 5.75. The Hall–Kier alpha value is -1.44. The molecule has 1 aromatic rings. The van der Waals surface area contributed by atoms with Gasteiger partial charge in [-0.2, -0.15) is 0 Å². The summed E-state index contributed by atoms with van der Waals surface area (Å²) in [6.45, 7) is 0.376. The minimum absolute atomic E-state index is 0.0725. The molecular formula is C10H13NO5S. The number of carboxylic acids is 1. The maximum absolute atomic E-state index is 11.0. The van der Waals surface area contributed by atoms with Crippen LogP contribution in [0.5, 0.6) is 0 Å². The van der Waals surface area contributed by atoms with Crippen molar-refractivity contribution in [3.05, 3.63) is 22.4 Å². The monoisotopic (exact) mass is 259 g/mol. The second kappa shape index (κ2) is 5.76. The Kier molecular flexibility index (Phi) is 4.62. The first kappa shape index (κ1) is 13.6. The van der Waals surface area contributed by atoms with E-state index in [2.05, 4.69) is 10.1 Å². The number of carbonyl (C=O) groups excluding carboxylic acids is 1. The smallest absolute Gasteiger partial charge is 0.420 e. The average molecular weight is 259 g/mol. The molecule has 0 aromatic carbocycles. The molecule has 3 N–H and O–H groups in total. The maximum Gasteiger partial charge on any atom is 0.420 e. The van der Waals surface area contributed by atoms with Gasteiger partial charge < -0.3 is 20.3 Å². The number of ether oxygens (including phenoxy) is 1. The van der Waals surface area contributed by atoms with Gasteiger partial charge in [-0.3, -0.25) is 0 Å². The number of carbonyl (C=O) groups is 2. The molecular weight excluding hydrogens is 246 g/mol. The van der Waals surface area contributed by atoms with Gasteiger partial charge in [0.2, 0.25) is 5.79 Å². The molecule has 0 spiro atoms. The standard InChI is InChI=1S/C10H13NO5S/c1-11-5-4-10(15,7-3-2-6-17-7)16-9(14)8(12)13/h2-3,6,11,15H,4-5H2,1H3,(H,12,13)/t10-/m0/s1. The van der Waals surface area contributed by atoms with Crippen LogP contribution in [0.2, 0.25) is 0 Å². The van der Waals surface area contributed by atoms with Crippen LogP contribution in [0.15, 0.2) is 17.5 Å². The summed E-state index contributed by atoms with van der Waals surface area (Å²) in [6, 6.07) is 3.26. The third-order valence-corrected chi connectivity index (χ3v) is 3.06. The fourth-order valence-electron chi connectivity index (χ4n) is 1.22. The zero-order valence-corrected chi connectivity index (χ0v) is 9.99. The fraction of sp³-hybridized carbons (Fsp3) is 0.400. The van der Waals surface area contributed by atoms with Crippen LogP contribution >= 0.6 is 11.3 Å². The molecule has 0 fully saturated rings. The lowest BCUT2D eigenvalue weighted by molar-refractivity contribution is -0.219. The first-order valence-electron chi connectivity index (χ1n) is 4.87. The summed E-state index contributed by atoms with van der Waals surface area (Å²) in [5.41, 5.74) is 0. The van der Waals surface area contributed by atoms with Crippen LogP contribution < -0.4 is 5.32 Å². The summed E-state index contributed by atoms with van der Waals surface area (Å²) in [4.78, 5) is 21.8. The molecule has 94 valence electrons. The number of hydrogen-bond acceptors (Lipinski definition) is 6. The molecule has 0 aliphatic rings. The quantitative estimate of drug-likeness (QED) is 0.395. The summed E-state index contributed by atoms with van der Waals surface area (Å²) in [5.74, 6) is -5.10. The summed E-state index contributed by atoms with van der Waals surface area (Å²) < 4.78 is 4.63. The summed E-state index contributed by atoms with van der Waals surface area (Å²) in [5, 5.41) is 23.2. The third-order valence-electron chi connectivity index (χ3n) is 2.06. The van der Waals surface area contributed by atoms with Crippen LogP contribution in [0, 0.1) is 0 Å². The minimum atomic E-state index is -1.90. The number of thiophene rings is 1. The highest BCUT2D eigenvalue weighted by Gasteiger charge is 2.36. The SMILES string of the molecule is CNCC[C@](O)(OC(=O)C(=O)O)c1cccs1. The summed E-state index contributed by atoms with van der Waals surface area (Å²) in [6.07, 6.45) is 0.0725. The molecule has 1 aromatic heterocycles. The second-order valence-electron chi connectivity index (χ2n) is 3.31. The highest BCUT2D eigenvalue weighted by molar-refractivity contribution is 7.10. The van der Waals surface area contributed by atoms with Crippen molar-refractivity contribution in [2.24, 2.45) is 0 Å². The normalized spacial score (nSPS) is 14.0. The van der Waals surface area contributed by atoms with E-state index < -0.39 is 17.7 Å². The number of aliphatic carboxylic acids is 1. The van der Waals surface area contributed by atoms with Crippen LogP contribution in [0.25, 0.3) is 0 Å². The van der Waals surface area contributed by atoms with Crippen molar-refractivity contribution >= 4 is 23.3 Å².